The Morgan fingerprint density at radius 1 is 1.39 bits per heavy atom. The Balaban J connectivity index is 2.03. The summed E-state index contributed by atoms with van der Waals surface area (Å²) in [5.74, 6) is -1.60. The van der Waals surface area contributed by atoms with E-state index >= 15 is 0 Å². The van der Waals surface area contributed by atoms with Crippen molar-refractivity contribution in [2.24, 2.45) is 7.05 Å². The number of aryl methyl sites for hydroxylation is 1. The molecule has 23 heavy (non-hydrogen) atoms. The summed E-state index contributed by atoms with van der Waals surface area (Å²) in [7, 11) is 3.18. The number of amides is 1. The van der Waals surface area contributed by atoms with Gasteiger partial charge in [-0.2, -0.15) is 0 Å². The van der Waals surface area contributed by atoms with Gasteiger partial charge in [-0.05, 0) is 6.07 Å². The monoisotopic (exact) mass is 334 g/mol. The molecule has 1 N–H and O–H groups in total. The first-order chi connectivity index (χ1) is 10.9. The van der Waals surface area contributed by atoms with Gasteiger partial charge in [0, 0.05) is 20.2 Å². The fourth-order valence-electron chi connectivity index (χ4n) is 1.94. The lowest BCUT2D eigenvalue weighted by Gasteiger charge is -2.13. The topological polar surface area (TPSA) is 119 Å². The molecule has 3 aromatic heterocycles. The predicted octanol–water partition coefficient (Wildman–Crippen LogP) is 0.958. The summed E-state index contributed by atoms with van der Waals surface area (Å²) in [5.41, 5.74) is -1.16. The van der Waals surface area contributed by atoms with Crippen LogP contribution in [0.15, 0.2) is 27.7 Å². The average molecular weight is 334 g/mol. The zero-order chi connectivity index (χ0) is 16.7. The molecule has 0 atom stereocenters. The SMILES string of the molecule is CN(C(=O)c1nncn1C)c1cc2oc(=O)c(C(=O)O)cc2s1. The van der Waals surface area contributed by atoms with Gasteiger partial charge in [-0.25, -0.2) is 9.59 Å². The van der Waals surface area contributed by atoms with Gasteiger partial charge in [0.05, 0.1) is 4.70 Å². The highest BCUT2D eigenvalue weighted by Crippen LogP contribution is 2.32. The van der Waals surface area contributed by atoms with E-state index in [0.717, 1.165) is 11.3 Å². The number of carbonyl (C=O) groups is 2. The van der Waals surface area contributed by atoms with E-state index in [0.29, 0.717) is 9.70 Å². The molecule has 3 aromatic rings. The summed E-state index contributed by atoms with van der Waals surface area (Å²) in [6, 6.07) is 2.74. The van der Waals surface area contributed by atoms with E-state index in [9.17, 15) is 14.4 Å². The second kappa shape index (κ2) is 5.32. The van der Waals surface area contributed by atoms with Crippen molar-refractivity contribution < 1.29 is 19.1 Å². The van der Waals surface area contributed by atoms with Gasteiger partial charge in [-0.3, -0.25) is 9.69 Å². The van der Waals surface area contributed by atoms with Crippen molar-refractivity contribution in [2.75, 3.05) is 11.9 Å². The van der Waals surface area contributed by atoms with Crippen molar-refractivity contribution in [1.29, 1.82) is 0 Å². The molecule has 0 aliphatic heterocycles. The lowest BCUT2D eigenvalue weighted by Crippen LogP contribution is -2.28. The highest BCUT2D eigenvalue weighted by Gasteiger charge is 2.21. The summed E-state index contributed by atoms with van der Waals surface area (Å²) in [6.45, 7) is 0. The Labute approximate surface area is 132 Å². The fraction of sp³-hybridized carbons (Fsp3) is 0.154. The van der Waals surface area contributed by atoms with Gasteiger partial charge < -0.3 is 14.1 Å². The molecule has 0 saturated heterocycles. The Hall–Kier alpha value is -3.01. The standard InChI is InChI=1S/C13H10N4O5S/c1-16-5-14-15-10(16)11(18)17(2)9-4-7-8(23-9)3-6(12(19)20)13(21)22-7/h3-5H,1-2H3,(H,19,20). The van der Waals surface area contributed by atoms with E-state index in [1.54, 1.807) is 7.05 Å². The Morgan fingerprint density at radius 3 is 2.74 bits per heavy atom. The first-order valence-electron chi connectivity index (χ1n) is 6.31. The molecule has 0 spiro atoms. The van der Waals surface area contributed by atoms with Crippen LogP contribution in [0.5, 0.6) is 0 Å². The zero-order valence-electron chi connectivity index (χ0n) is 12.0. The maximum atomic E-state index is 12.4. The van der Waals surface area contributed by atoms with Crippen molar-refractivity contribution in [2.45, 2.75) is 0 Å². The number of anilines is 1. The molecule has 0 aliphatic carbocycles. The molecule has 0 aliphatic rings. The van der Waals surface area contributed by atoms with Gasteiger partial charge >= 0.3 is 11.6 Å². The average Bonchev–Trinajstić information content (AvgIpc) is 3.10. The van der Waals surface area contributed by atoms with E-state index in [2.05, 4.69) is 10.2 Å². The molecule has 0 bridgehead atoms. The van der Waals surface area contributed by atoms with Crippen LogP contribution in [0.3, 0.4) is 0 Å². The van der Waals surface area contributed by atoms with Crippen molar-refractivity contribution in [3.63, 3.8) is 0 Å². The first kappa shape index (κ1) is 14.9. The van der Waals surface area contributed by atoms with Crippen LogP contribution in [-0.4, -0.2) is 38.8 Å². The van der Waals surface area contributed by atoms with Gasteiger partial charge in [-0.15, -0.1) is 21.5 Å². The molecular weight excluding hydrogens is 324 g/mol. The molecular formula is C13H10N4O5S. The molecule has 0 aromatic carbocycles. The molecule has 0 fully saturated rings. The number of rotatable bonds is 3. The van der Waals surface area contributed by atoms with Crippen LogP contribution in [0.4, 0.5) is 5.00 Å². The number of aromatic carboxylic acids is 1. The molecule has 0 unspecified atom stereocenters. The quantitative estimate of drug-likeness (QED) is 0.757. The minimum atomic E-state index is -1.36. The van der Waals surface area contributed by atoms with Gasteiger partial charge in [0.15, 0.2) is 5.58 Å². The molecule has 118 valence electrons. The summed E-state index contributed by atoms with van der Waals surface area (Å²) >= 11 is 1.13. The number of aromatic nitrogens is 3. The van der Waals surface area contributed by atoms with Gasteiger partial charge in [0.1, 0.15) is 16.9 Å². The van der Waals surface area contributed by atoms with E-state index in [1.165, 1.54) is 35.0 Å². The second-order valence-corrected chi connectivity index (χ2v) is 5.76. The molecule has 1 amide bonds. The van der Waals surface area contributed by atoms with E-state index in [1.807, 2.05) is 0 Å². The first-order valence-corrected chi connectivity index (χ1v) is 7.13. The molecule has 3 rings (SSSR count). The maximum Gasteiger partial charge on any atom is 0.351 e. The molecule has 9 nitrogen and oxygen atoms in total. The van der Waals surface area contributed by atoms with Crippen LogP contribution in [0.25, 0.3) is 10.3 Å². The minimum absolute atomic E-state index is 0.151. The van der Waals surface area contributed by atoms with Crippen LogP contribution in [0, 0.1) is 0 Å². The Morgan fingerprint density at radius 2 is 2.13 bits per heavy atom. The third-order valence-electron chi connectivity index (χ3n) is 3.18. The second-order valence-electron chi connectivity index (χ2n) is 4.70. The Bertz CT molecular complexity index is 986. The number of carboxylic acid groups (broad SMARTS) is 1. The normalized spacial score (nSPS) is 10.9. The van der Waals surface area contributed by atoms with Crippen molar-refractivity contribution in [3.05, 3.63) is 40.3 Å². The van der Waals surface area contributed by atoms with Crippen molar-refractivity contribution in [1.82, 2.24) is 14.8 Å². The van der Waals surface area contributed by atoms with Crippen molar-refractivity contribution in [3.8, 4) is 0 Å². The number of hydrogen-bond acceptors (Lipinski definition) is 7. The Kier molecular flexibility index (Phi) is 3.45. The molecule has 0 radical (unpaired) electrons. The lowest BCUT2D eigenvalue weighted by atomic mass is 10.3. The molecule has 10 heteroatoms. The summed E-state index contributed by atoms with van der Waals surface area (Å²) < 4.78 is 6.92. The number of hydrogen-bond donors (Lipinski definition) is 1. The minimum Gasteiger partial charge on any atom is -0.477 e. The lowest BCUT2D eigenvalue weighted by molar-refractivity contribution is 0.0692. The van der Waals surface area contributed by atoms with Gasteiger partial charge in [0.2, 0.25) is 5.82 Å². The van der Waals surface area contributed by atoms with Crippen LogP contribution < -0.4 is 10.5 Å². The number of thiophene rings is 1. The third kappa shape index (κ3) is 2.48. The highest BCUT2D eigenvalue weighted by atomic mass is 32.1. The van der Waals surface area contributed by atoms with Crippen LogP contribution in [-0.2, 0) is 7.05 Å². The molecule has 3 heterocycles. The number of fused-ring (bicyclic) bond motifs is 1. The van der Waals surface area contributed by atoms with Crippen molar-refractivity contribution >= 4 is 38.5 Å². The predicted molar refractivity (Wildman–Crippen MR) is 81.1 cm³/mol. The van der Waals surface area contributed by atoms with Gasteiger partial charge in [0.25, 0.3) is 5.91 Å². The summed E-state index contributed by atoms with van der Waals surface area (Å²) in [4.78, 5) is 36.2. The van der Waals surface area contributed by atoms with E-state index < -0.39 is 23.1 Å². The highest BCUT2D eigenvalue weighted by molar-refractivity contribution is 7.22. The summed E-state index contributed by atoms with van der Waals surface area (Å²) in [5, 5.41) is 16.8. The molecule has 0 saturated carbocycles. The maximum absolute atomic E-state index is 12.4. The zero-order valence-corrected chi connectivity index (χ0v) is 12.8. The van der Waals surface area contributed by atoms with Crippen LogP contribution >= 0.6 is 11.3 Å². The van der Waals surface area contributed by atoms with Gasteiger partial charge in [-0.1, -0.05) is 0 Å². The smallest absolute Gasteiger partial charge is 0.351 e. The third-order valence-corrected chi connectivity index (χ3v) is 4.32. The summed E-state index contributed by atoms with van der Waals surface area (Å²) in [6.07, 6.45) is 1.41. The number of carboxylic acids is 1. The van der Waals surface area contributed by atoms with Crippen LogP contribution in [0.2, 0.25) is 0 Å². The number of nitrogens with zero attached hydrogens (tertiary/aromatic N) is 4. The van der Waals surface area contributed by atoms with E-state index in [-0.39, 0.29) is 11.4 Å². The number of carbonyl (C=O) groups excluding carboxylic acids is 1. The van der Waals surface area contributed by atoms with Crippen LogP contribution in [0.1, 0.15) is 21.0 Å². The largest absolute Gasteiger partial charge is 0.477 e. The van der Waals surface area contributed by atoms with E-state index in [4.69, 9.17) is 9.52 Å². The fourth-order valence-corrected chi connectivity index (χ4v) is 2.93.